The van der Waals surface area contributed by atoms with E-state index in [1.165, 1.54) is 23.9 Å². The first-order valence-corrected chi connectivity index (χ1v) is 7.04. The number of hydrogen-bond donors (Lipinski definition) is 0. The first-order chi connectivity index (χ1) is 8.97. The van der Waals surface area contributed by atoms with Crippen molar-refractivity contribution >= 4 is 51.8 Å². The molecule has 0 heterocycles. The summed E-state index contributed by atoms with van der Waals surface area (Å²) in [7, 11) is 0. The third-order valence-corrected chi connectivity index (χ3v) is 4.28. The quantitative estimate of drug-likeness (QED) is 0.673. The van der Waals surface area contributed by atoms with E-state index in [1.54, 1.807) is 18.2 Å². The summed E-state index contributed by atoms with van der Waals surface area (Å²) in [5, 5.41) is 0.254. The Morgan fingerprint density at radius 3 is 2.37 bits per heavy atom. The zero-order valence-corrected chi connectivity index (χ0v) is 12.4. The van der Waals surface area contributed by atoms with Crippen molar-refractivity contribution in [2.24, 2.45) is 0 Å². The van der Waals surface area contributed by atoms with Crippen LogP contribution in [0.15, 0.2) is 46.2 Å². The van der Waals surface area contributed by atoms with E-state index in [0.29, 0.717) is 19.8 Å². The van der Waals surface area contributed by atoms with Crippen LogP contribution in [-0.2, 0) is 0 Å². The van der Waals surface area contributed by atoms with Gasteiger partial charge in [-0.05, 0) is 48.0 Å². The molecule has 0 atom stereocenters. The Hall–Kier alpha value is -0.740. The number of carbonyl (C=O) groups excluding carboxylic acids is 1. The molecule has 0 saturated heterocycles. The van der Waals surface area contributed by atoms with Gasteiger partial charge in [-0.1, -0.05) is 35.0 Å². The molecule has 0 N–H and O–H groups in total. The summed E-state index contributed by atoms with van der Waals surface area (Å²) >= 11 is 18.5. The van der Waals surface area contributed by atoms with Crippen LogP contribution in [-0.4, -0.2) is 5.24 Å². The molecule has 0 spiro atoms. The molecule has 1 nitrogen and oxygen atoms in total. The third-order valence-electron chi connectivity index (χ3n) is 2.27. The minimum Gasteiger partial charge on any atom is -0.276 e. The summed E-state index contributed by atoms with van der Waals surface area (Å²) in [6.07, 6.45) is 0. The van der Waals surface area contributed by atoms with E-state index in [9.17, 15) is 9.18 Å². The Bertz CT molecular complexity index is 646. The van der Waals surface area contributed by atoms with E-state index in [2.05, 4.69) is 0 Å². The van der Waals surface area contributed by atoms with Gasteiger partial charge in [-0.15, -0.1) is 0 Å². The predicted octanol–water partition coefficient (Wildman–Crippen LogP) is 5.66. The SMILES string of the molecule is O=C(Cl)c1cc(F)ccc1Sc1ccc(Cl)cc1Cl. The third kappa shape index (κ3) is 3.63. The van der Waals surface area contributed by atoms with E-state index in [1.807, 2.05) is 0 Å². The Balaban J connectivity index is 2.40. The molecule has 0 saturated carbocycles. The lowest BCUT2D eigenvalue weighted by Crippen LogP contribution is -1.93. The molecule has 19 heavy (non-hydrogen) atoms. The van der Waals surface area contributed by atoms with Gasteiger partial charge in [-0.2, -0.15) is 0 Å². The fourth-order valence-corrected chi connectivity index (χ4v) is 3.08. The van der Waals surface area contributed by atoms with E-state index in [4.69, 9.17) is 34.8 Å². The lowest BCUT2D eigenvalue weighted by atomic mass is 10.2. The van der Waals surface area contributed by atoms with Gasteiger partial charge in [0, 0.05) is 14.8 Å². The highest BCUT2D eigenvalue weighted by molar-refractivity contribution is 7.99. The van der Waals surface area contributed by atoms with Gasteiger partial charge in [0.25, 0.3) is 5.24 Å². The largest absolute Gasteiger partial charge is 0.276 e. The Kier molecular flexibility index (Phi) is 4.74. The zero-order valence-electron chi connectivity index (χ0n) is 9.29. The number of benzene rings is 2. The van der Waals surface area contributed by atoms with Crippen molar-refractivity contribution in [1.82, 2.24) is 0 Å². The van der Waals surface area contributed by atoms with Gasteiger partial charge in [0.1, 0.15) is 5.82 Å². The summed E-state index contributed by atoms with van der Waals surface area (Å²) in [6.45, 7) is 0. The fraction of sp³-hybridized carbons (Fsp3) is 0. The number of hydrogen-bond acceptors (Lipinski definition) is 2. The van der Waals surface area contributed by atoms with Crippen LogP contribution in [0.3, 0.4) is 0 Å². The molecule has 0 aromatic heterocycles. The molecule has 0 amide bonds. The van der Waals surface area contributed by atoms with Crippen LogP contribution in [0.2, 0.25) is 10.0 Å². The van der Waals surface area contributed by atoms with Crippen molar-refractivity contribution in [3.63, 3.8) is 0 Å². The van der Waals surface area contributed by atoms with E-state index < -0.39 is 11.1 Å². The molecule has 0 fully saturated rings. The molecule has 0 unspecified atom stereocenters. The molecular formula is C13H6Cl3FOS. The highest BCUT2D eigenvalue weighted by Crippen LogP contribution is 2.37. The standard InChI is InChI=1S/C13H6Cl3FOS/c14-7-1-3-12(10(15)5-7)19-11-4-2-8(17)6-9(11)13(16)18/h1-6H. The summed E-state index contributed by atoms with van der Waals surface area (Å²) in [5.41, 5.74) is 0.109. The van der Waals surface area contributed by atoms with Crippen LogP contribution in [0.4, 0.5) is 4.39 Å². The van der Waals surface area contributed by atoms with Crippen molar-refractivity contribution in [3.8, 4) is 0 Å². The second kappa shape index (κ2) is 6.14. The van der Waals surface area contributed by atoms with E-state index in [-0.39, 0.29) is 5.56 Å². The molecule has 0 aliphatic rings. The smallest absolute Gasteiger partial charge is 0.253 e. The summed E-state index contributed by atoms with van der Waals surface area (Å²) in [6, 6.07) is 8.84. The van der Waals surface area contributed by atoms with Gasteiger partial charge >= 0.3 is 0 Å². The average molecular weight is 336 g/mol. The first-order valence-electron chi connectivity index (χ1n) is 5.09. The van der Waals surface area contributed by atoms with Crippen LogP contribution in [0.5, 0.6) is 0 Å². The average Bonchev–Trinajstić information content (AvgIpc) is 2.34. The van der Waals surface area contributed by atoms with Crippen molar-refractivity contribution < 1.29 is 9.18 Å². The van der Waals surface area contributed by atoms with Crippen LogP contribution >= 0.6 is 46.6 Å². The minimum atomic E-state index is -0.716. The molecule has 6 heteroatoms. The van der Waals surface area contributed by atoms with Crippen LogP contribution in [0.1, 0.15) is 10.4 Å². The number of rotatable bonds is 3. The van der Waals surface area contributed by atoms with Crippen molar-refractivity contribution in [2.45, 2.75) is 9.79 Å². The van der Waals surface area contributed by atoms with Gasteiger partial charge in [-0.25, -0.2) is 4.39 Å². The lowest BCUT2D eigenvalue weighted by molar-refractivity contribution is 0.107. The molecule has 0 aliphatic heterocycles. The summed E-state index contributed by atoms with van der Waals surface area (Å²) in [5.74, 6) is -0.518. The van der Waals surface area contributed by atoms with E-state index >= 15 is 0 Å². The minimum absolute atomic E-state index is 0.109. The molecule has 2 rings (SSSR count). The van der Waals surface area contributed by atoms with Gasteiger partial charge in [-0.3, -0.25) is 4.79 Å². The first kappa shape index (κ1) is 14.7. The molecule has 0 radical (unpaired) electrons. The molecule has 98 valence electrons. The maximum Gasteiger partial charge on any atom is 0.253 e. The molecular weight excluding hydrogens is 330 g/mol. The Labute approximate surface area is 128 Å². The van der Waals surface area contributed by atoms with Crippen LogP contribution < -0.4 is 0 Å². The molecule has 0 bridgehead atoms. The zero-order chi connectivity index (χ0) is 14.0. The number of halogens is 4. The summed E-state index contributed by atoms with van der Waals surface area (Å²) < 4.78 is 13.1. The highest BCUT2D eigenvalue weighted by atomic mass is 35.5. The van der Waals surface area contributed by atoms with Gasteiger partial charge < -0.3 is 0 Å². The maximum absolute atomic E-state index is 13.1. The van der Waals surface area contributed by atoms with Crippen molar-refractivity contribution in [3.05, 3.63) is 57.8 Å². The van der Waals surface area contributed by atoms with Crippen molar-refractivity contribution in [1.29, 1.82) is 0 Å². The molecule has 2 aromatic carbocycles. The van der Waals surface area contributed by atoms with Gasteiger partial charge in [0.05, 0.1) is 10.6 Å². The van der Waals surface area contributed by atoms with Gasteiger partial charge in [0.15, 0.2) is 0 Å². The Morgan fingerprint density at radius 2 is 1.74 bits per heavy atom. The Morgan fingerprint density at radius 1 is 1.05 bits per heavy atom. The van der Waals surface area contributed by atoms with Crippen molar-refractivity contribution in [2.75, 3.05) is 0 Å². The fourth-order valence-electron chi connectivity index (χ4n) is 1.42. The molecule has 0 aliphatic carbocycles. The highest BCUT2D eigenvalue weighted by Gasteiger charge is 2.13. The predicted molar refractivity (Wildman–Crippen MR) is 77.2 cm³/mol. The number of carbonyl (C=O) groups is 1. The maximum atomic E-state index is 13.1. The van der Waals surface area contributed by atoms with Crippen LogP contribution in [0.25, 0.3) is 0 Å². The monoisotopic (exact) mass is 334 g/mol. The van der Waals surface area contributed by atoms with Gasteiger partial charge in [0.2, 0.25) is 0 Å². The lowest BCUT2D eigenvalue weighted by Gasteiger charge is -2.07. The van der Waals surface area contributed by atoms with E-state index in [0.717, 1.165) is 6.07 Å². The normalized spacial score (nSPS) is 10.5. The summed E-state index contributed by atoms with van der Waals surface area (Å²) in [4.78, 5) is 12.5. The topological polar surface area (TPSA) is 17.1 Å². The molecule has 2 aromatic rings. The second-order valence-electron chi connectivity index (χ2n) is 3.59. The second-order valence-corrected chi connectivity index (χ2v) is 5.86. The van der Waals surface area contributed by atoms with Crippen LogP contribution in [0, 0.1) is 5.82 Å².